The van der Waals surface area contributed by atoms with E-state index in [2.05, 4.69) is 15.0 Å². The maximum Gasteiger partial charge on any atom is 0.263 e. The van der Waals surface area contributed by atoms with Gasteiger partial charge in [0.05, 0.1) is 10.8 Å². The van der Waals surface area contributed by atoms with Crippen LogP contribution in [0, 0.1) is 5.92 Å². The van der Waals surface area contributed by atoms with Gasteiger partial charge < -0.3 is 4.98 Å². The normalized spacial score (nSPS) is 15.8. The van der Waals surface area contributed by atoms with E-state index in [1.54, 1.807) is 12.1 Å². The molecule has 0 bridgehead atoms. The highest BCUT2D eigenvalue weighted by Crippen LogP contribution is 2.37. The molecule has 0 unspecified atom stereocenters. The van der Waals surface area contributed by atoms with Gasteiger partial charge in [-0.1, -0.05) is 72.3 Å². The molecule has 168 valence electrons. The van der Waals surface area contributed by atoms with Crippen molar-refractivity contribution < 1.29 is 4.79 Å². The van der Waals surface area contributed by atoms with Crippen LogP contribution < -0.4 is 5.56 Å². The monoisotopic (exact) mass is 485 g/mol. The van der Waals surface area contributed by atoms with E-state index in [4.69, 9.17) is 11.6 Å². The molecule has 4 aromatic rings. The smallest absolute Gasteiger partial charge is 0.263 e. The minimum Gasteiger partial charge on any atom is -0.321 e. The Labute approximate surface area is 205 Å². The van der Waals surface area contributed by atoms with Crippen LogP contribution in [-0.4, -0.2) is 21.8 Å². The molecule has 1 aliphatic rings. The summed E-state index contributed by atoms with van der Waals surface area (Å²) in [5.41, 5.74) is 3.76. The number of H-pyrrole nitrogens is 1. The molecule has 1 amide bonds. The number of halogens is 1. The molecule has 1 aliphatic heterocycles. The largest absolute Gasteiger partial charge is 0.321 e. The fourth-order valence-electron chi connectivity index (χ4n) is 4.06. The molecule has 5 rings (SSSR count). The van der Waals surface area contributed by atoms with Crippen molar-refractivity contribution in [1.82, 2.24) is 4.98 Å². The van der Waals surface area contributed by atoms with Crippen molar-refractivity contribution in [2.75, 3.05) is 0 Å². The van der Waals surface area contributed by atoms with E-state index in [0.717, 1.165) is 33.8 Å². The number of amides is 1. The minimum absolute atomic E-state index is 0.250. The number of thioether (sulfide) groups is 1. The van der Waals surface area contributed by atoms with Crippen LogP contribution in [0.2, 0.25) is 5.02 Å². The Bertz CT molecular complexity index is 1510. The van der Waals surface area contributed by atoms with E-state index in [-0.39, 0.29) is 16.6 Å². The second-order valence-electron chi connectivity index (χ2n) is 8.04. The molecule has 1 N–H and O–H groups in total. The van der Waals surface area contributed by atoms with Crippen LogP contribution in [0.5, 0.6) is 0 Å². The molecule has 0 fully saturated rings. The first-order chi connectivity index (χ1) is 16.5. The number of hydrogen-bond acceptors (Lipinski definition) is 4. The molecule has 0 spiro atoms. The molecule has 0 saturated carbocycles. The van der Waals surface area contributed by atoms with E-state index in [9.17, 15) is 9.59 Å². The van der Waals surface area contributed by atoms with Crippen LogP contribution in [-0.2, 0) is 11.2 Å². The number of nitrogens with zero attached hydrogens (tertiary/aromatic N) is 2. The van der Waals surface area contributed by atoms with Crippen LogP contribution in [0.15, 0.2) is 98.5 Å². The first kappa shape index (κ1) is 22.3. The Balaban J connectivity index is 1.56. The first-order valence-corrected chi connectivity index (χ1v) is 12.0. The zero-order chi connectivity index (χ0) is 23.7. The Morgan fingerprint density at radius 1 is 0.941 bits per heavy atom. The third-order valence-corrected chi connectivity index (χ3v) is 6.95. The van der Waals surface area contributed by atoms with Gasteiger partial charge in [-0.15, -0.1) is 0 Å². The molecule has 1 atom stereocenters. The SMILES string of the molecule is CC1=NC(Sc2c(-c3ccccc3)c3cc(Cl)ccc3[nH]c2=O)=NC(=O)[C@H]1Cc1ccccc1. The summed E-state index contributed by atoms with van der Waals surface area (Å²) in [4.78, 5) is 38.3. The van der Waals surface area contributed by atoms with Crippen molar-refractivity contribution in [3.8, 4) is 11.1 Å². The third-order valence-electron chi connectivity index (χ3n) is 5.75. The van der Waals surface area contributed by atoms with Crippen LogP contribution in [0.3, 0.4) is 0 Å². The highest BCUT2D eigenvalue weighted by molar-refractivity contribution is 8.14. The van der Waals surface area contributed by atoms with Crippen molar-refractivity contribution in [2.24, 2.45) is 15.9 Å². The van der Waals surface area contributed by atoms with Crippen LogP contribution >= 0.6 is 23.4 Å². The van der Waals surface area contributed by atoms with Gasteiger partial charge in [0.15, 0.2) is 5.17 Å². The lowest BCUT2D eigenvalue weighted by molar-refractivity contribution is -0.119. The molecule has 34 heavy (non-hydrogen) atoms. The summed E-state index contributed by atoms with van der Waals surface area (Å²) in [6, 6.07) is 24.8. The van der Waals surface area contributed by atoms with Gasteiger partial charge in [0.25, 0.3) is 11.5 Å². The van der Waals surface area contributed by atoms with Crippen molar-refractivity contribution >= 4 is 51.1 Å². The maximum atomic E-state index is 13.2. The van der Waals surface area contributed by atoms with Crippen LogP contribution in [0.1, 0.15) is 12.5 Å². The fraction of sp³-hybridized carbons (Fsp3) is 0.111. The predicted octanol–water partition coefficient (Wildman–Crippen LogP) is 6.16. The van der Waals surface area contributed by atoms with E-state index < -0.39 is 5.92 Å². The molecule has 0 radical (unpaired) electrons. The second-order valence-corrected chi connectivity index (χ2v) is 9.46. The number of amidine groups is 1. The summed E-state index contributed by atoms with van der Waals surface area (Å²) in [7, 11) is 0. The number of aromatic nitrogens is 1. The highest BCUT2D eigenvalue weighted by Gasteiger charge is 2.28. The number of carbonyl (C=O) groups excluding carboxylic acids is 1. The average molecular weight is 486 g/mol. The van der Waals surface area contributed by atoms with E-state index in [0.29, 0.717) is 27.6 Å². The molecular weight excluding hydrogens is 466 g/mol. The minimum atomic E-state index is -0.408. The molecule has 0 saturated heterocycles. The first-order valence-electron chi connectivity index (χ1n) is 10.8. The summed E-state index contributed by atoms with van der Waals surface area (Å²) < 4.78 is 0. The van der Waals surface area contributed by atoms with Gasteiger partial charge in [-0.05, 0) is 54.4 Å². The molecule has 2 heterocycles. The molecular formula is C27H20ClN3O2S. The van der Waals surface area contributed by atoms with Gasteiger partial charge in [0.2, 0.25) is 0 Å². The summed E-state index contributed by atoms with van der Waals surface area (Å²) in [6.07, 6.45) is 0.542. The van der Waals surface area contributed by atoms with Gasteiger partial charge in [-0.3, -0.25) is 9.59 Å². The lowest BCUT2D eigenvalue weighted by atomic mass is 9.94. The van der Waals surface area contributed by atoms with Crippen molar-refractivity contribution in [1.29, 1.82) is 0 Å². The number of hydrogen-bond donors (Lipinski definition) is 1. The standard InChI is InChI=1S/C27H20ClN3O2S/c1-16-20(14-17-8-4-2-5-9-17)25(32)31-27(29-16)34-24-23(18-10-6-3-7-11-18)21-15-19(28)12-13-22(21)30-26(24)33/h2-13,15,20H,14H2,1H3,(H,30,33)/t20-/m0/s1. The van der Waals surface area contributed by atoms with Crippen LogP contribution in [0.4, 0.5) is 0 Å². The van der Waals surface area contributed by atoms with Crippen molar-refractivity contribution in [2.45, 2.75) is 18.2 Å². The number of pyridine rings is 1. The Kier molecular flexibility index (Phi) is 6.18. The van der Waals surface area contributed by atoms with E-state index >= 15 is 0 Å². The van der Waals surface area contributed by atoms with Gasteiger partial charge in [-0.2, -0.15) is 4.99 Å². The number of carbonyl (C=O) groups is 1. The topological polar surface area (TPSA) is 74.7 Å². The number of benzene rings is 3. The summed E-state index contributed by atoms with van der Waals surface area (Å²) >= 11 is 7.40. The molecule has 1 aromatic heterocycles. The Morgan fingerprint density at radius 2 is 1.65 bits per heavy atom. The van der Waals surface area contributed by atoms with Gasteiger partial charge in [0.1, 0.15) is 0 Å². The lowest BCUT2D eigenvalue weighted by Crippen LogP contribution is -2.28. The van der Waals surface area contributed by atoms with E-state index in [1.165, 1.54) is 0 Å². The van der Waals surface area contributed by atoms with E-state index in [1.807, 2.05) is 73.7 Å². The molecule has 3 aromatic carbocycles. The zero-order valence-electron chi connectivity index (χ0n) is 18.3. The molecule has 0 aliphatic carbocycles. The van der Waals surface area contributed by atoms with Gasteiger partial charge in [0, 0.05) is 27.2 Å². The summed E-state index contributed by atoms with van der Waals surface area (Å²) in [5, 5.41) is 1.64. The number of fused-ring (bicyclic) bond motifs is 1. The number of rotatable bonds is 4. The number of aliphatic imine (C=N–C) groups is 2. The number of aromatic amines is 1. The zero-order valence-corrected chi connectivity index (χ0v) is 19.9. The highest BCUT2D eigenvalue weighted by atomic mass is 35.5. The van der Waals surface area contributed by atoms with Gasteiger partial charge in [-0.25, -0.2) is 4.99 Å². The maximum absolute atomic E-state index is 13.2. The third kappa shape index (κ3) is 4.47. The van der Waals surface area contributed by atoms with Gasteiger partial charge >= 0.3 is 0 Å². The average Bonchev–Trinajstić information content (AvgIpc) is 2.83. The second kappa shape index (κ2) is 9.41. The fourth-order valence-corrected chi connectivity index (χ4v) is 5.22. The Morgan fingerprint density at radius 3 is 2.35 bits per heavy atom. The van der Waals surface area contributed by atoms with Crippen molar-refractivity contribution in [3.63, 3.8) is 0 Å². The predicted molar refractivity (Wildman–Crippen MR) is 140 cm³/mol. The lowest BCUT2D eigenvalue weighted by Gasteiger charge is -2.19. The molecule has 5 nitrogen and oxygen atoms in total. The summed E-state index contributed by atoms with van der Waals surface area (Å²) in [5.74, 6) is -0.658. The molecule has 7 heteroatoms. The summed E-state index contributed by atoms with van der Waals surface area (Å²) in [6.45, 7) is 1.84. The van der Waals surface area contributed by atoms with Crippen LogP contribution in [0.25, 0.3) is 22.0 Å². The van der Waals surface area contributed by atoms with Crippen molar-refractivity contribution in [3.05, 3.63) is 99.8 Å². The number of nitrogens with one attached hydrogen (secondary N) is 1. The Hall–Kier alpha value is -3.48. The quantitative estimate of drug-likeness (QED) is 0.376.